The van der Waals surface area contributed by atoms with Gasteiger partial charge < -0.3 is 9.32 Å². The number of pyridine rings is 1. The van der Waals surface area contributed by atoms with Crippen LogP contribution in [-0.4, -0.2) is 37.1 Å². The summed E-state index contributed by atoms with van der Waals surface area (Å²) in [6.45, 7) is 5.81. The Morgan fingerprint density at radius 3 is 2.88 bits per heavy atom. The van der Waals surface area contributed by atoms with Crippen LogP contribution < -0.4 is 0 Å². The fourth-order valence-electron chi connectivity index (χ4n) is 3.27. The second kappa shape index (κ2) is 6.68. The number of nitrogens with zero attached hydrogens (tertiary/aromatic N) is 5. The van der Waals surface area contributed by atoms with E-state index in [1.54, 1.807) is 24.7 Å². The molecule has 7 nitrogen and oxygen atoms in total. The molecule has 0 aliphatic carbocycles. The Bertz CT molecular complexity index is 978. The third-order valence-corrected chi connectivity index (χ3v) is 4.93. The summed E-state index contributed by atoms with van der Waals surface area (Å²) in [6, 6.07) is 1.79. The maximum Gasteiger partial charge on any atom is 0.255 e. The van der Waals surface area contributed by atoms with E-state index in [1.807, 2.05) is 16.5 Å². The van der Waals surface area contributed by atoms with Crippen molar-refractivity contribution in [3.8, 4) is 11.6 Å². The minimum atomic E-state index is -0.0387. The summed E-state index contributed by atoms with van der Waals surface area (Å²) in [5.74, 6) is 1.20. The van der Waals surface area contributed by atoms with Crippen LogP contribution in [0.25, 0.3) is 11.6 Å². The first-order chi connectivity index (χ1) is 12.6. The minimum Gasteiger partial charge on any atom is -0.440 e. The largest absolute Gasteiger partial charge is 0.440 e. The number of aromatic nitrogens is 4. The Labute approximate surface area is 159 Å². The van der Waals surface area contributed by atoms with E-state index in [-0.39, 0.29) is 5.91 Å². The summed E-state index contributed by atoms with van der Waals surface area (Å²) in [6.07, 6.45) is 5.70. The van der Waals surface area contributed by atoms with Crippen molar-refractivity contribution in [2.24, 2.45) is 0 Å². The van der Waals surface area contributed by atoms with E-state index in [2.05, 4.69) is 37.9 Å². The summed E-state index contributed by atoms with van der Waals surface area (Å²) >= 11 is 3.37. The zero-order chi connectivity index (χ0) is 18.3. The maximum atomic E-state index is 12.9. The van der Waals surface area contributed by atoms with Gasteiger partial charge in [0.05, 0.1) is 18.3 Å². The van der Waals surface area contributed by atoms with Crippen LogP contribution in [0.1, 0.15) is 34.3 Å². The zero-order valence-electron chi connectivity index (χ0n) is 14.6. The van der Waals surface area contributed by atoms with Crippen molar-refractivity contribution in [2.75, 3.05) is 6.54 Å². The molecule has 0 radical (unpaired) electrons. The highest BCUT2D eigenvalue weighted by atomic mass is 79.9. The fourth-order valence-corrected chi connectivity index (χ4v) is 3.64. The van der Waals surface area contributed by atoms with Crippen LogP contribution >= 0.6 is 15.9 Å². The molecule has 134 valence electrons. The van der Waals surface area contributed by atoms with Crippen LogP contribution in [0.2, 0.25) is 0 Å². The predicted octanol–water partition coefficient (Wildman–Crippen LogP) is 3.22. The Morgan fingerprint density at radius 2 is 2.19 bits per heavy atom. The minimum absolute atomic E-state index is 0.0387. The van der Waals surface area contributed by atoms with Crippen molar-refractivity contribution in [2.45, 2.75) is 33.4 Å². The van der Waals surface area contributed by atoms with Crippen LogP contribution in [0.5, 0.6) is 0 Å². The first-order valence-electron chi connectivity index (χ1n) is 8.48. The SMILES string of the molecule is CCn1nc(-c2ncc(C)o2)c2c1CCN(C(=O)c1cncc(Br)c1)C2. The standard InChI is InChI=1S/C18H18BrN5O2/c1-3-24-15-4-5-23(18(25)12-6-13(19)9-20-8-12)10-14(15)16(22-24)17-21-7-11(2)26-17/h6-9H,3-5,10H2,1-2H3. The highest BCUT2D eigenvalue weighted by Crippen LogP contribution is 2.30. The van der Waals surface area contributed by atoms with Gasteiger partial charge in [0.1, 0.15) is 5.76 Å². The van der Waals surface area contributed by atoms with E-state index in [0.717, 1.165) is 40.1 Å². The molecule has 0 unspecified atom stereocenters. The lowest BCUT2D eigenvalue weighted by Crippen LogP contribution is -2.36. The fraction of sp³-hybridized carbons (Fsp3) is 0.333. The van der Waals surface area contributed by atoms with Gasteiger partial charge in [-0.1, -0.05) is 0 Å². The lowest BCUT2D eigenvalue weighted by molar-refractivity contribution is 0.0733. The van der Waals surface area contributed by atoms with E-state index in [4.69, 9.17) is 4.42 Å². The molecule has 4 heterocycles. The first kappa shape index (κ1) is 17.0. The lowest BCUT2D eigenvalue weighted by Gasteiger charge is -2.27. The zero-order valence-corrected chi connectivity index (χ0v) is 16.2. The van der Waals surface area contributed by atoms with Crippen molar-refractivity contribution in [3.05, 3.63) is 51.7 Å². The van der Waals surface area contributed by atoms with Crippen LogP contribution in [0.15, 0.2) is 33.5 Å². The molecule has 1 aliphatic rings. The van der Waals surface area contributed by atoms with Crippen molar-refractivity contribution in [3.63, 3.8) is 0 Å². The Balaban J connectivity index is 1.69. The summed E-state index contributed by atoms with van der Waals surface area (Å²) in [5, 5.41) is 4.68. The average Bonchev–Trinajstić information content (AvgIpc) is 3.23. The molecule has 1 amide bonds. The number of halogens is 1. The van der Waals surface area contributed by atoms with Crippen LogP contribution in [0.4, 0.5) is 0 Å². The molecule has 0 atom stereocenters. The maximum absolute atomic E-state index is 12.9. The number of fused-ring (bicyclic) bond motifs is 1. The van der Waals surface area contributed by atoms with Gasteiger partial charge >= 0.3 is 0 Å². The van der Waals surface area contributed by atoms with E-state index in [0.29, 0.717) is 24.5 Å². The van der Waals surface area contributed by atoms with E-state index < -0.39 is 0 Å². The van der Waals surface area contributed by atoms with E-state index in [1.165, 1.54) is 0 Å². The van der Waals surface area contributed by atoms with Gasteiger partial charge in [-0.3, -0.25) is 14.5 Å². The Kier molecular flexibility index (Phi) is 4.36. The van der Waals surface area contributed by atoms with Gasteiger partial charge in [0.2, 0.25) is 5.89 Å². The monoisotopic (exact) mass is 415 g/mol. The van der Waals surface area contributed by atoms with Crippen LogP contribution in [0, 0.1) is 6.92 Å². The van der Waals surface area contributed by atoms with Crippen LogP contribution in [0.3, 0.4) is 0 Å². The van der Waals surface area contributed by atoms with Crippen molar-refractivity contribution in [1.82, 2.24) is 24.6 Å². The molecule has 0 aromatic carbocycles. The number of aryl methyl sites for hydroxylation is 2. The van der Waals surface area contributed by atoms with Gasteiger partial charge in [-0.15, -0.1) is 0 Å². The first-order valence-corrected chi connectivity index (χ1v) is 9.27. The molecule has 3 aromatic rings. The van der Waals surface area contributed by atoms with Gasteiger partial charge in [-0.25, -0.2) is 4.98 Å². The van der Waals surface area contributed by atoms with Crippen molar-refractivity contribution in [1.29, 1.82) is 0 Å². The molecule has 0 fully saturated rings. The third-order valence-electron chi connectivity index (χ3n) is 4.50. The Morgan fingerprint density at radius 1 is 1.35 bits per heavy atom. The van der Waals surface area contributed by atoms with E-state index >= 15 is 0 Å². The number of hydrogen-bond acceptors (Lipinski definition) is 5. The topological polar surface area (TPSA) is 77.0 Å². The van der Waals surface area contributed by atoms with Gasteiger partial charge in [0.25, 0.3) is 5.91 Å². The predicted molar refractivity (Wildman–Crippen MR) is 98.5 cm³/mol. The highest BCUT2D eigenvalue weighted by molar-refractivity contribution is 9.10. The highest BCUT2D eigenvalue weighted by Gasteiger charge is 2.30. The molecule has 0 saturated heterocycles. The van der Waals surface area contributed by atoms with Gasteiger partial charge in [0, 0.05) is 47.6 Å². The van der Waals surface area contributed by atoms with E-state index in [9.17, 15) is 4.79 Å². The Hall–Kier alpha value is -2.48. The summed E-state index contributed by atoms with van der Waals surface area (Å²) < 4.78 is 8.45. The quantitative estimate of drug-likeness (QED) is 0.655. The summed E-state index contributed by atoms with van der Waals surface area (Å²) in [7, 11) is 0. The van der Waals surface area contributed by atoms with Gasteiger partial charge in [-0.05, 0) is 35.8 Å². The number of rotatable bonds is 3. The molecular formula is C18H18BrN5O2. The number of carbonyl (C=O) groups is 1. The van der Waals surface area contributed by atoms with Gasteiger partial charge in [-0.2, -0.15) is 5.10 Å². The average molecular weight is 416 g/mol. The number of hydrogen-bond donors (Lipinski definition) is 0. The van der Waals surface area contributed by atoms with Crippen LogP contribution in [-0.2, 0) is 19.5 Å². The molecule has 0 bridgehead atoms. The molecule has 0 saturated carbocycles. The second-order valence-electron chi connectivity index (χ2n) is 6.23. The molecule has 8 heteroatoms. The van der Waals surface area contributed by atoms with Gasteiger partial charge in [0.15, 0.2) is 5.69 Å². The number of carbonyl (C=O) groups excluding carboxylic acids is 1. The normalized spacial score (nSPS) is 13.7. The van der Waals surface area contributed by atoms with Crippen molar-refractivity contribution >= 4 is 21.8 Å². The lowest BCUT2D eigenvalue weighted by atomic mass is 10.0. The molecule has 0 spiro atoms. The number of oxazole rings is 1. The molecule has 1 aliphatic heterocycles. The summed E-state index contributed by atoms with van der Waals surface area (Å²) in [5.41, 5.74) is 3.45. The number of amides is 1. The molecule has 26 heavy (non-hydrogen) atoms. The summed E-state index contributed by atoms with van der Waals surface area (Å²) in [4.78, 5) is 23.1. The third kappa shape index (κ3) is 2.94. The molecule has 4 rings (SSSR count). The second-order valence-corrected chi connectivity index (χ2v) is 7.15. The van der Waals surface area contributed by atoms with Crippen molar-refractivity contribution < 1.29 is 9.21 Å². The molecule has 3 aromatic heterocycles. The molecular weight excluding hydrogens is 398 g/mol. The molecule has 0 N–H and O–H groups in total. The smallest absolute Gasteiger partial charge is 0.255 e.